The zero-order valence-electron chi connectivity index (χ0n) is 8.38. The highest BCUT2D eigenvalue weighted by Gasteiger charge is 2.12. The van der Waals surface area contributed by atoms with Crippen LogP contribution < -0.4 is 0 Å². The van der Waals surface area contributed by atoms with E-state index in [9.17, 15) is 9.59 Å². The van der Waals surface area contributed by atoms with Crippen molar-refractivity contribution < 1.29 is 14.7 Å². The van der Waals surface area contributed by atoms with Gasteiger partial charge in [0.25, 0.3) is 0 Å². The first-order valence-corrected chi connectivity index (χ1v) is 4.46. The Morgan fingerprint density at radius 1 is 1.40 bits per heavy atom. The van der Waals surface area contributed by atoms with Crippen molar-refractivity contribution in [2.75, 3.05) is 6.54 Å². The van der Waals surface area contributed by atoms with E-state index in [1.165, 1.54) is 11.8 Å². The summed E-state index contributed by atoms with van der Waals surface area (Å²) < 4.78 is 0. The average molecular weight is 208 g/mol. The molecule has 5 nitrogen and oxygen atoms in total. The molecule has 0 radical (unpaired) electrons. The maximum absolute atomic E-state index is 11.1. The van der Waals surface area contributed by atoms with Crippen LogP contribution in [0.25, 0.3) is 0 Å². The number of rotatable bonds is 4. The van der Waals surface area contributed by atoms with Gasteiger partial charge >= 0.3 is 5.97 Å². The van der Waals surface area contributed by atoms with Crippen LogP contribution in [0.15, 0.2) is 24.5 Å². The summed E-state index contributed by atoms with van der Waals surface area (Å²) in [5.41, 5.74) is 0.862. The van der Waals surface area contributed by atoms with Crippen molar-refractivity contribution in [3.63, 3.8) is 0 Å². The second-order valence-corrected chi connectivity index (χ2v) is 3.12. The number of pyridine rings is 1. The van der Waals surface area contributed by atoms with Crippen LogP contribution in [0.1, 0.15) is 12.5 Å². The third kappa shape index (κ3) is 3.76. The number of carbonyl (C=O) groups excluding carboxylic acids is 1. The lowest BCUT2D eigenvalue weighted by atomic mass is 10.2. The fourth-order valence-corrected chi connectivity index (χ4v) is 1.15. The monoisotopic (exact) mass is 208 g/mol. The van der Waals surface area contributed by atoms with Crippen molar-refractivity contribution in [3.05, 3.63) is 30.1 Å². The molecule has 0 bridgehead atoms. The summed E-state index contributed by atoms with van der Waals surface area (Å²) in [4.78, 5) is 26.7. The minimum Gasteiger partial charge on any atom is -0.480 e. The van der Waals surface area contributed by atoms with Crippen molar-refractivity contribution in [1.82, 2.24) is 9.88 Å². The molecule has 0 spiro atoms. The highest BCUT2D eigenvalue weighted by molar-refractivity contribution is 5.79. The van der Waals surface area contributed by atoms with E-state index in [1.54, 1.807) is 24.5 Å². The van der Waals surface area contributed by atoms with Gasteiger partial charge in [-0.3, -0.25) is 14.6 Å². The molecule has 0 aliphatic heterocycles. The third-order valence-electron chi connectivity index (χ3n) is 1.89. The van der Waals surface area contributed by atoms with E-state index in [-0.39, 0.29) is 12.5 Å². The van der Waals surface area contributed by atoms with Crippen molar-refractivity contribution >= 4 is 11.9 Å². The van der Waals surface area contributed by atoms with Gasteiger partial charge in [0, 0.05) is 25.9 Å². The summed E-state index contributed by atoms with van der Waals surface area (Å²) >= 11 is 0. The Bertz CT molecular complexity index is 351. The first-order valence-electron chi connectivity index (χ1n) is 4.46. The number of hydrogen-bond donors (Lipinski definition) is 1. The highest BCUT2D eigenvalue weighted by Crippen LogP contribution is 2.03. The van der Waals surface area contributed by atoms with Gasteiger partial charge in [0.2, 0.25) is 5.91 Å². The van der Waals surface area contributed by atoms with E-state index in [0.717, 1.165) is 5.56 Å². The molecule has 1 heterocycles. The average Bonchev–Trinajstić information content (AvgIpc) is 2.17. The second-order valence-electron chi connectivity index (χ2n) is 3.12. The fraction of sp³-hybridized carbons (Fsp3) is 0.300. The quantitative estimate of drug-likeness (QED) is 0.782. The van der Waals surface area contributed by atoms with E-state index >= 15 is 0 Å². The normalized spacial score (nSPS) is 9.67. The topological polar surface area (TPSA) is 70.5 Å². The Kier molecular flexibility index (Phi) is 3.79. The zero-order valence-corrected chi connectivity index (χ0v) is 8.38. The van der Waals surface area contributed by atoms with E-state index in [1.807, 2.05) is 0 Å². The molecule has 1 aromatic rings. The van der Waals surface area contributed by atoms with Crippen LogP contribution in [0.4, 0.5) is 0 Å². The van der Waals surface area contributed by atoms with Crippen LogP contribution in [0.5, 0.6) is 0 Å². The molecular weight excluding hydrogens is 196 g/mol. The first kappa shape index (κ1) is 11.2. The molecule has 0 unspecified atom stereocenters. The maximum Gasteiger partial charge on any atom is 0.323 e. The molecule has 0 atom stereocenters. The summed E-state index contributed by atoms with van der Waals surface area (Å²) in [5.74, 6) is -1.27. The van der Waals surface area contributed by atoms with Crippen molar-refractivity contribution in [2.45, 2.75) is 13.5 Å². The number of amides is 1. The molecule has 0 saturated carbocycles. The molecule has 80 valence electrons. The molecule has 0 saturated heterocycles. The second kappa shape index (κ2) is 5.09. The fourth-order valence-electron chi connectivity index (χ4n) is 1.15. The Balaban J connectivity index is 2.67. The molecule has 0 aromatic carbocycles. The number of hydrogen-bond acceptors (Lipinski definition) is 3. The van der Waals surface area contributed by atoms with Gasteiger partial charge in [0.15, 0.2) is 0 Å². The lowest BCUT2D eigenvalue weighted by molar-refractivity contribution is -0.144. The van der Waals surface area contributed by atoms with Crippen LogP contribution in [-0.4, -0.2) is 33.4 Å². The number of carboxylic acid groups (broad SMARTS) is 1. The molecule has 0 aliphatic carbocycles. The van der Waals surface area contributed by atoms with Crippen molar-refractivity contribution in [1.29, 1.82) is 0 Å². The third-order valence-corrected chi connectivity index (χ3v) is 1.89. The Morgan fingerprint density at radius 2 is 2.00 bits per heavy atom. The van der Waals surface area contributed by atoms with Crippen LogP contribution in [0, 0.1) is 0 Å². The smallest absolute Gasteiger partial charge is 0.323 e. The van der Waals surface area contributed by atoms with Gasteiger partial charge in [0.1, 0.15) is 6.54 Å². The summed E-state index contributed by atoms with van der Waals surface area (Å²) in [6, 6.07) is 3.50. The lowest BCUT2D eigenvalue weighted by Crippen LogP contribution is -2.33. The van der Waals surface area contributed by atoms with Gasteiger partial charge in [-0.25, -0.2) is 0 Å². The van der Waals surface area contributed by atoms with Crippen LogP contribution in [0.2, 0.25) is 0 Å². The molecule has 15 heavy (non-hydrogen) atoms. The van der Waals surface area contributed by atoms with Crippen molar-refractivity contribution in [2.24, 2.45) is 0 Å². The Labute approximate surface area is 87.4 Å². The summed E-state index contributed by atoms with van der Waals surface area (Å²) in [6.45, 7) is 1.37. The van der Waals surface area contributed by atoms with Crippen LogP contribution >= 0.6 is 0 Å². The van der Waals surface area contributed by atoms with Gasteiger partial charge in [0.05, 0.1) is 0 Å². The number of aromatic nitrogens is 1. The lowest BCUT2D eigenvalue weighted by Gasteiger charge is -2.18. The Hall–Kier alpha value is -1.91. The van der Waals surface area contributed by atoms with Crippen LogP contribution in [0.3, 0.4) is 0 Å². The molecule has 0 aliphatic rings. The SMILES string of the molecule is CC(=O)N(CC(=O)O)Cc1ccncc1. The van der Waals surface area contributed by atoms with E-state index in [0.29, 0.717) is 6.54 Å². The van der Waals surface area contributed by atoms with Crippen molar-refractivity contribution in [3.8, 4) is 0 Å². The molecule has 1 aromatic heterocycles. The molecule has 1 amide bonds. The van der Waals surface area contributed by atoms with Crippen LogP contribution in [-0.2, 0) is 16.1 Å². The van der Waals surface area contributed by atoms with Gasteiger partial charge in [-0.15, -0.1) is 0 Å². The van der Waals surface area contributed by atoms with Gasteiger partial charge in [-0.05, 0) is 17.7 Å². The molecule has 1 N–H and O–H groups in total. The predicted molar refractivity (Wildman–Crippen MR) is 53.0 cm³/mol. The molecular formula is C10H12N2O3. The predicted octanol–water partition coefficient (Wildman–Crippen LogP) is 0.515. The summed E-state index contributed by atoms with van der Waals surface area (Å²) in [5, 5.41) is 8.60. The minimum atomic E-state index is -1.01. The highest BCUT2D eigenvalue weighted by atomic mass is 16.4. The summed E-state index contributed by atoms with van der Waals surface area (Å²) in [7, 11) is 0. The Morgan fingerprint density at radius 3 is 2.47 bits per heavy atom. The zero-order chi connectivity index (χ0) is 11.3. The van der Waals surface area contributed by atoms with E-state index in [2.05, 4.69) is 4.98 Å². The largest absolute Gasteiger partial charge is 0.480 e. The van der Waals surface area contributed by atoms with Gasteiger partial charge < -0.3 is 10.0 Å². The first-order chi connectivity index (χ1) is 7.09. The standard InChI is InChI=1S/C10H12N2O3/c1-8(13)12(7-10(14)15)6-9-2-4-11-5-3-9/h2-5H,6-7H2,1H3,(H,14,15). The maximum atomic E-state index is 11.1. The van der Waals surface area contributed by atoms with E-state index < -0.39 is 5.97 Å². The number of aliphatic carboxylic acids is 1. The van der Waals surface area contributed by atoms with Gasteiger partial charge in [-0.1, -0.05) is 0 Å². The number of carbonyl (C=O) groups is 2. The van der Waals surface area contributed by atoms with E-state index in [4.69, 9.17) is 5.11 Å². The molecule has 0 fully saturated rings. The minimum absolute atomic E-state index is 0.255. The number of carboxylic acids is 1. The molecule has 5 heteroatoms. The van der Waals surface area contributed by atoms with Gasteiger partial charge in [-0.2, -0.15) is 0 Å². The summed E-state index contributed by atoms with van der Waals surface area (Å²) in [6.07, 6.45) is 3.21. The number of nitrogens with zero attached hydrogens (tertiary/aromatic N) is 2. The molecule has 1 rings (SSSR count).